The third-order valence-corrected chi connectivity index (χ3v) is 3.17. The molecule has 1 aromatic heterocycles. The molecule has 0 aliphatic carbocycles. The second kappa shape index (κ2) is 6.24. The van der Waals surface area contributed by atoms with Crippen LogP contribution in [0.15, 0.2) is 63.6 Å². The highest BCUT2D eigenvalue weighted by atomic mass is 19.1. The molecule has 0 atom stereocenters. The average molecular weight is 327 g/mol. The van der Waals surface area contributed by atoms with E-state index in [0.717, 1.165) is 6.07 Å². The number of hydrogen-bond acceptors (Lipinski definition) is 5. The van der Waals surface area contributed by atoms with Crippen LogP contribution in [0.1, 0.15) is 0 Å². The van der Waals surface area contributed by atoms with Crippen molar-refractivity contribution >= 4 is 17.1 Å². The van der Waals surface area contributed by atoms with E-state index in [4.69, 9.17) is 0 Å². The molecule has 1 heterocycles. The molecular weight excluding hydrogens is 317 g/mol. The number of aromatic nitrogens is 2. The van der Waals surface area contributed by atoms with Crippen LogP contribution in [0, 0.1) is 15.9 Å². The summed E-state index contributed by atoms with van der Waals surface area (Å²) in [6.45, 7) is 0. The number of nitrogens with one attached hydrogen (secondary N) is 2. The van der Waals surface area contributed by atoms with Crippen LogP contribution in [0.4, 0.5) is 21.5 Å². The summed E-state index contributed by atoms with van der Waals surface area (Å²) < 4.78 is 13.1. The number of non-ortho nitro benzene ring substituents is 1. The Kier molecular flexibility index (Phi) is 3.98. The summed E-state index contributed by atoms with van der Waals surface area (Å²) in [5.41, 5.74) is 0.166. The normalized spacial score (nSPS) is 11.0. The molecule has 0 spiro atoms. The average Bonchev–Trinajstić information content (AvgIpc) is 2.94. The van der Waals surface area contributed by atoms with Crippen molar-refractivity contribution in [1.82, 2.24) is 10.2 Å². The summed E-state index contributed by atoms with van der Waals surface area (Å²) >= 11 is 0. The third-order valence-electron chi connectivity index (χ3n) is 3.17. The van der Waals surface area contributed by atoms with Crippen molar-refractivity contribution in [3.63, 3.8) is 0 Å². The molecule has 0 bridgehead atoms. The molecule has 9 heteroatoms. The van der Waals surface area contributed by atoms with Gasteiger partial charge in [-0.05, 0) is 12.1 Å². The molecule has 0 aliphatic heterocycles. The van der Waals surface area contributed by atoms with Crippen LogP contribution in [-0.4, -0.2) is 15.1 Å². The summed E-state index contributed by atoms with van der Waals surface area (Å²) in [5.74, 6) is -0.478. The minimum Gasteiger partial charge on any atom is -0.295 e. The Bertz CT molecular complexity index is 993. The Morgan fingerprint density at radius 3 is 2.58 bits per heavy atom. The fraction of sp³-hybridized carbons (Fsp3) is 0. The Morgan fingerprint density at radius 1 is 1.04 bits per heavy atom. The van der Waals surface area contributed by atoms with Gasteiger partial charge in [0.1, 0.15) is 5.82 Å². The molecule has 0 aliphatic rings. The maximum atomic E-state index is 13.1. The minimum atomic E-state index is -0.545. The minimum absolute atomic E-state index is 0.0558. The molecule has 2 N–H and O–H groups in total. The fourth-order valence-electron chi connectivity index (χ4n) is 2.08. The van der Waals surface area contributed by atoms with Crippen molar-refractivity contribution in [3.05, 3.63) is 74.8 Å². The largest absolute Gasteiger partial charge is 0.295 e. The molecule has 0 amide bonds. The molecule has 0 saturated carbocycles. The molecule has 8 nitrogen and oxygen atoms in total. The molecule has 120 valence electrons. The van der Waals surface area contributed by atoms with E-state index in [1.54, 1.807) is 6.07 Å². The molecule has 24 heavy (non-hydrogen) atoms. The van der Waals surface area contributed by atoms with Crippen molar-refractivity contribution in [3.8, 4) is 11.3 Å². The lowest BCUT2D eigenvalue weighted by Crippen LogP contribution is -1.96. The predicted molar refractivity (Wildman–Crippen MR) is 84.1 cm³/mol. The number of rotatable bonds is 4. The summed E-state index contributed by atoms with van der Waals surface area (Å²) in [6.07, 6.45) is 0. The van der Waals surface area contributed by atoms with Gasteiger partial charge in [0.2, 0.25) is 0 Å². The number of halogens is 1. The number of nitro benzene ring substituents is 1. The first kappa shape index (κ1) is 15.3. The first-order valence-electron chi connectivity index (χ1n) is 6.77. The molecular formula is C15H10FN5O3. The summed E-state index contributed by atoms with van der Waals surface area (Å²) in [6, 6.07) is 11.1. The van der Waals surface area contributed by atoms with Gasteiger partial charge in [-0.2, -0.15) is 5.11 Å². The zero-order valence-electron chi connectivity index (χ0n) is 12.1. The number of nitro groups is 1. The van der Waals surface area contributed by atoms with Crippen LogP contribution in [0.25, 0.3) is 11.3 Å². The van der Waals surface area contributed by atoms with Gasteiger partial charge in [0.25, 0.3) is 11.2 Å². The van der Waals surface area contributed by atoms with Crippen LogP contribution in [0.2, 0.25) is 0 Å². The second-order valence-electron chi connectivity index (χ2n) is 4.79. The highest BCUT2D eigenvalue weighted by Crippen LogP contribution is 2.28. The van der Waals surface area contributed by atoms with Crippen LogP contribution >= 0.6 is 0 Å². The van der Waals surface area contributed by atoms with Gasteiger partial charge in [0, 0.05) is 23.8 Å². The molecule has 0 saturated heterocycles. The monoisotopic (exact) mass is 327 g/mol. The highest BCUT2D eigenvalue weighted by Gasteiger charge is 2.14. The highest BCUT2D eigenvalue weighted by molar-refractivity contribution is 5.72. The summed E-state index contributed by atoms with van der Waals surface area (Å²) in [7, 11) is 0. The van der Waals surface area contributed by atoms with E-state index in [1.807, 2.05) is 0 Å². The zero-order valence-corrected chi connectivity index (χ0v) is 12.1. The van der Waals surface area contributed by atoms with Gasteiger partial charge in [-0.15, -0.1) is 5.11 Å². The molecule has 0 radical (unpaired) electrons. The summed E-state index contributed by atoms with van der Waals surface area (Å²) in [4.78, 5) is 22.2. The molecule has 3 rings (SSSR count). The Labute approximate surface area is 133 Å². The first-order chi connectivity index (χ1) is 11.5. The van der Waals surface area contributed by atoms with Gasteiger partial charge < -0.3 is 0 Å². The second-order valence-corrected chi connectivity index (χ2v) is 4.79. The van der Waals surface area contributed by atoms with Crippen LogP contribution in [0.5, 0.6) is 0 Å². The van der Waals surface area contributed by atoms with Gasteiger partial charge in [0.05, 0.1) is 16.3 Å². The van der Waals surface area contributed by atoms with Crippen LogP contribution in [0.3, 0.4) is 0 Å². The van der Waals surface area contributed by atoms with E-state index in [-0.39, 0.29) is 22.8 Å². The maximum absolute atomic E-state index is 13.1. The molecule has 0 fully saturated rings. The number of aromatic amines is 2. The molecule has 3 aromatic rings. The Morgan fingerprint density at radius 2 is 1.83 bits per heavy atom. The van der Waals surface area contributed by atoms with E-state index < -0.39 is 16.3 Å². The SMILES string of the molecule is O=c1[nH][nH]c(-c2cccc([N+](=O)[O-])c2)c1N=Nc1cccc(F)c1. The van der Waals surface area contributed by atoms with Crippen molar-refractivity contribution in [2.24, 2.45) is 10.2 Å². The number of H-pyrrole nitrogens is 2. The standard InChI is InChI=1S/C15H10FN5O3/c16-10-4-2-5-11(8-10)17-19-14-13(18-20-15(14)22)9-3-1-6-12(7-9)21(23)24/h1-8H,(H2,18,20,22). The van der Waals surface area contributed by atoms with Gasteiger partial charge in [-0.3, -0.25) is 25.1 Å². The van der Waals surface area contributed by atoms with E-state index in [2.05, 4.69) is 20.4 Å². The maximum Gasteiger partial charge on any atom is 0.292 e. The van der Waals surface area contributed by atoms with Crippen LogP contribution < -0.4 is 5.56 Å². The topological polar surface area (TPSA) is 117 Å². The van der Waals surface area contributed by atoms with Crippen molar-refractivity contribution in [2.45, 2.75) is 0 Å². The van der Waals surface area contributed by atoms with E-state index >= 15 is 0 Å². The number of azo groups is 1. The first-order valence-corrected chi connectivity index (χ1v) is 6.77. The van der Waals surface area contributed by atoms with Crippen molar-refractivity contribution in [2.75, 3.05) is 0 Å². The quantitative estimate of drug-likeness (QED) is 0.431. The van der Waals surface area contributed by atoms with Crippen LogP contribution in [-0.2, 0) is 0 Å². The van der Waals surface area contributed by atoms with E-state index in [1.165, 1.54) is 36.4 Å². The van der Waals surface area contributed by atoms with Crippen molar-refractivity contribution in [1.29, 1.82) is 0 Å². The lowest BCUT2D eigenvalue weighted by atomic mass is 10.1. The molecule has 0 unspecified atom stereocenters. The van der Waals surface area contributed by atoms with Gasteiger partial charge in [-0.1, -0.05) is 18.2 Å². The number of benzene rings is 2. The van der Waals surface area contributed by atoms with Gasteiger partial charge in [-0.25, -0.2) is 4.39 Å². The van der Waals surface area contributed by atoms with E-state index in [0.29, 0.717) is 5.56 Å². The third kappa shape index (κ3) is 3.09. The van der Waals surface area contributed by atoms with Gasteiger partial charge in [0.15, 0.2) is 5.69 Å². The zero-order chi connectivity index (χ0) is 17.1. The Balaban J connectivity index is 2.02. The van der Waals surface area contributed by atoms with E-state index in [9.17, 15) is 19.3 Å². The predicted octanol–water partition coefficient (Wildman–Crippen LogP) is 3.83. The van der Waals surface area contributed by atoms with Gasteiger partial charge >= 0.3 is 0 Å². The summed E-state index contributed by atoms with van der Waals surface area (Å²) in [5, 5.41) is 23.5. The lowest BCUT2D eigenvalue weighted by Gasteiger charge is -1.99. The number of hydrogen-bond donors (Lipinski definition) is 2. The fourth-order valence-corrected chi connectivity index (χ4v) is 2.08. The molecule has 2 aromatic carbocycles. The Hall–Kier alpha value is -3.62. The smallest absolute Gasteiger partial charge is 0.292 e. The van der Waals surface area contributed by atoms with Crippen molar-refractivity contribution < 1.29 is 9.31 Å². The lowest BCUT2D eigenvalue weighted by molar-refractivity contribution is -0.384. The number of nitrogens with zero attached hydrogens (tertiary/aromatic N) is 3.